The third kappa shape index (κ3) is 4.58. The van der Waals surface area contributed by atoms with E-state index in [0.717, 1.165) is 17.9 Å². The number of hydrazine groups is 1. The van der Waals surface area contributed by atoms with Gasteiger partial charge in [0.25, 0.3) is 0 Å². The van der Waals surface area contributed by atoms with E-state index in [2.05, 4.69) is 28.5 Å². The largest absolute Gasteiger partial charge is 0.342 e. The summed E-state index contributed by atoms with van der Waals surface area (Å²) >= 11 is 1.85. The van der Waals surface area contributed by atoms with Crippen LogP contribution in [-0.2, 0) is 0 Å². The van der Waals surface area contributed by atoms with E-state index in [-0.39, 0.29) is 0 Å². The molecule has 0 heterocycles. The third-order valence-corrected chi connectivity index (χ3v) is 3.50. The molecule has 1 rings (SSSR count). The molecule has 5 heteroatoms. The minimum Gasteiger partial charge on any atom is -0.342 e. The van der Waals surface area contributed by atoms with Crippen molar-refractivity contribution in [3.63, 3.8) is 0 Å². The lowest BCUT2D eigenvalue weighted by atomic mass is 10.2. The minimum absolute atomic E-state index is 0.399. The summed E-state index contributed by atoms with van der Waals surface area (Å²) in [6, 6.07) is 10.2. The number of benzene rings is 1. The number of hydrogen-bond acceptors (Lipinski definition) is 3. The number of thioether (sulfide) groups is 1. The van der Waals surface area contributed by atoms with Crippen molar-refractivity contribution < 1.29 is 0 Å². The summed E-state index contributed by atoms with van der Waals surface area (Å²) in [7, 11) is 2.01. The Hall–Kier alpha value is -1.20. The number of hydrogen-bond donors (Lipinski definition) is 2. The molecule has 0 bridgehead atoms. The number of guanidine groups is 1. The zero-order chi connectivity index (χ0) is 13.4. The van der Waals surface area contributed by atoms with Gasteiger partial charge in [-0.3, -0.25) is 5.43 Å². The fourth-order valence-corrected chi connectivity index (χ4v) is 2.11. The fourth-order valence-electron chi connectivity index (χ4n) is 1.53. The van der Waals surface area contributed by atoms with Gasteiger partial charge in [-0.1, -0.05) is 18.2 Å². The SMILES string of the molecule is CSCCC(C)N(C)C(=Nc1ccccc1)NN. The average molecular weight is 266 g/mol. The highest BCUT2D eigenvalue weighted by Gasteiger charge is 2.12. The van der Waals surface area contributed by atoms with Gasteiger partial charge in [0.1, 0.15) is 0 Å². The number of nitrogens with two attached hydrogens (primary N) is 1. The Bertz CT molecular complexity index is 367. The normalized spacial score (nSPS) is 13.2. The zero-order valence-electron chi connectivity index (χ0n) is 11.3. The van der Waals surface area contributed by atoms with Crippen molar-refractivity contribution in [2.24, 2.45) is 10.8 Å². The Balaban J connectivity index is 2.73. The van der Waals surface area contributed by atoms with E-state index in [9.17, 15) is 0 Å². The molecular weight excluding hydrogens is 244 g/mol. The standard InChI is InChI=1S/C13H22N4S/c1-11(9-10-18-3)17(2)13(16-14)15-12-7-5-4-6-8-12/h4-8,11H,9-10,14H2,1-3H3,(H,15,16). The van der Waals surface area contributed by atoms with Gasteiger partial charge in [-0.25, -0.2) is 10.8 Å². The maximum atomic E-state index is 5.56. The number of para-hydroxylation sites is 1. The summed E-state index contributed by atoms with van der Waals surface area (Å²) in [6.07, 6.45) is 3.22. The van der Waals surface area contributed by atoms with Crippen molar-refractivity contribution in [3.05, 3.63) is 30.3 Å². The molecule has 1 aromatic rings. The van der Waals surface area contributed by atoms with Crippen LogP contribution in [0.4, 0.5) is 5.69 Å². The molecule has 1 atom stereocenters. The summed E-state index contributed by atoms with van der Waals surface area (Å²) in [5.74, 6) is 7.38. The molecule has 4 nitrogen and oxygen atoms in total. The van der Waals surface area contributed by atoms with Crippen molar-refractivity contribution in [2.75, 3.05) is 19.1 Å². The van der Waals surface area contributed by atoms with E-state index in [1.807, 2.05) is 49.1 Å². The van der Waals surface area contributed by atoms with Crippen molar-refractivity contribution in [2.45, 2.75) is 19.4 Å². The first-order valence-electron chi connectivity index (χ1n) is 6.01. The molecule has 1 aromatic carbocycles. The number of rotatable bonds is 5. The van der Waals surface area contributed by atoms with Crippen molar-refractivity contribution in [1.82, 2.24) is 10.3 Å². The van der Waals surface area contributed by atoms with Gasteiger partial charge in [0, 0.05) is 13.1 Å². The Morgan fingerprint density at radius 2 is 2.11 bits per heavy atom. The highest BCUT2D eigenvalue weighted by Crippen LogP contribution is 2.12. The molecule has 100 valence electrons. The van der Waals surface area contributed by atoms with Crippen molar-refractivity contribution >= 4 is 23.4 Å². The first-order valence-corrected chi connectivity index (χ1v) is 7.40. The summed E-state index contributed by atoms with van der Waals surface area (Å²) < 4.78 is 0. The van der Waals surface area contributed by atoms with Gasteiger partial charge in [0.2, 0.25) is 5.96 Å². The number of nitrogens with zero attached hydrogens (tertiary/aromatic N) is 2. The van der Waals surface area contributed by atoms with Crippen LogP contribution in [0.25, 0.3) is 0 Å². The topological polar surface area (TPSA) is 53.6 Å². The van der Waals surface area contributed by atoms with Crippen LogP contribution in [0, 0.1) is 0 Å². The first-order chi connectivity index (χ1) is 8.69. The highest BCUT2D eigenvalue weighted by molar-refractivity contribution is 7.98. The molecule has 1 unspecified atom stereocenters. The van der Waals surface area contributed by atoms with Crippen LogP contribution < -0.4 is 11.3 Å². The Labute approximate surface area is 114 Å². The molecule has 0 aliphatic rings. The molecule has 0 saturated heterocycles. The summed E-state index contributed by atoms with van der Waals surface area (Å²) in [4.78, 5) is 6.58. The van der Waals surface area contributed by atoms with E-state index in [4.69, 9.17) is 5.84 Å². The number of aliphatic imine (C=N–C) groups is 1. The maximum Gasteiger partial charge on any atom is 0.213 e. The van der Waals surface area contributed by atoms with Gasteiger partial charge < -0.3 is 4.90 Å². The second-order valence-electron chi connectivity index (χ2n) is 4.16. The molecule has 0 aliphatic carbocycles. The average Bonchev–Trinajstić information content (AvgIpc) is 2.42. The molecule has 0 radical (unpaired) electrons. The molecule has 0 fully saturated rings. The fraction of sp³-hybridized carbons (Fsp3) is 0.462. The first kappa shape index (κ1) is 14.9. The third-order valence-electron chi connectivity index (χ3n) is 2.86. The van der Waals surface area contributed by atoms with Crippen LogP contribution in [0.1, 0.15) is 13.3 Å². The second kappa shape index (κ2) is 8.00. The maximum absolute atomic E-state index is 5.56. The molecule has 0 aromatic heterocycles. The second-order valence-corrected chi connectivity index (χ2v) is 5.14. The van der Waals surface area contributed by atoms with Crippen LogP contribution in [0.2, 0.25) is 0 Å². The van der Waals surface area contributed by atoms with E-state index in [0.29, 0.717) is 12.0 Å². The van der Waals surface area contributed by atoms with Crippen molar-refractivity contribution in [1.29, 1.82) is 0 Å². The van der Waals surface area contributed by atoms with E-state index in [1.54, 1.807) is 0 Å². The summed E-state index contributed by atoms with van der Waals surface area (Å²) in [5, 5.41) is 0. The van der Waals surface area contributed by atoms with Crippen LogP contribution in [0.15, 0.2) is 35.3 Å². The van der Waals surface area contributed by atoms with Crippen LogP contribution in [-0.4, -0.2) is 36.0 Å². The zero-order valence-corrected chi connectivity index (χ0v) is 12.1. The van der Waals surface area contributed by atoms with Gasteiger partial charge in [-0.2, -0.15) is 11.8 Å². The highest BCUT2D eigenvalue weighted by atomic mass is 32.2. The van der Waals surface area contributed by atoms with Gasteiger partial charge >= 0.3 is 0 Å². The smallest absolute Gasteiger partial charge is 0.213 e. The van der Waals surface area contributed by atoms with Gasteiger partial charge in [-0.05, 0) is 37.5 Å². The molecule has 0 spiro atoms. The summed E-state index contributed by atoms with van der Waals surface area (Å²) in [5.41, 5.74) is 3.57. The summed E-state index contributed by atoms with van der Waals surface area (Å²) in [6.45, 7) is 2.17. The quantitative estimate of drug-likeness (QED) is 0.371. The minimum atomic E-state index is 0.399. The van der Waals surface area contributed by atoms with Crippen LogP contribution in [0.5, 0.6) is 0 Å². The molecule has 0 saturated carbocycles. The van der Waals surface area contributed by atoms with E-state index >= 15 is 0 Å². The molecule has 0 amide bonds. The lowest BCUT2D eigenvalue weighted by molar-refractivity contribution is 0.371. The number of nitrogens with one attached hydrogen (secondary N) is 1. The van der Waals surface area contributed by atoms with Gasteiger partial charge in [0.15, 0.2) is 0 Å². The Kier molecular flexibility index (Phi) is 6.60. The van der Waals surface area contributed by atoms with E-state index < -0.39 is 0 Å². The Morgan fingerprint density at radius 1 is 1.44 bits per heavy atom. The van der Waals surface area contributed by atoms with Crippen LogP contribution in [0.3, 0.4) is 0 Å². The molecule has 0 aliphatic heterocycles. The lowest BCUT2D eigenvalue weighted by Gasteiger charge is -2.27. The monoisotopic (exact) mass is 266 g/mol. The van der Waals surface area contributed by atoms with Gasteiger partial charge in [-0.15, -0.1) is 0 Å². The molecular formula is C13H22N4S. The van der Waals surface area contributed by atoms with Crippen LogP contribution >= 0.6 is 11.8 Å². The molecule has 18 heavy (non-hydrogen) atoms. The predicted molar refractivity (Wildman–Crippen MR) is 81.1 cm³/mol. The van der Waals surface area contributed by atoms with Crippen molar-refractivity contribution in [3.8, 4) is 0 Å². The van der Waals surface area contributed by atoms with E-state index in [1.165, 1.54) is 0 Å². The Morgan fingerprint density at radius 3 is 2.67 bits per heavy atom. The predicted octanol–water partition coefficient (Wildman–Crippen LogP) is 2.21. The lowest BCUT2D eigenvalue weighted by Crippen LogP contribution is -2.46. The molecule has 3 N–H and O–H groups in total. The van der Waals surface area contributed by atoms with Gasteiger partial charge in [0.05, 0.1) is 5.69 Å².